The van der Waals surface area contributed by atoms with E-state index >= 15 is 0 Å². The molecule has 0 amide bonds. The van der Waals surface area contributed by atoms with Crippen LogP contribution in [0.1, 0.15) is 35.8 Å². The van der Waals surface area contributed by atoms with Gasteiger partial charge in [-0.05, 0) is 36.8 Å². The zero-order valence-corrected chi connectivity index (χ0v) is 15.5. The third-order valence-corrected chi connectivity index (χ3v) is 5.83. The fourth-order valence-corrected chi connectivity index (χ4v) is 4.56. The molecule has 1 aromatic heterocycles. The molecule has 1 N–H and O–H groups in total. The minimum absolute atomic E-state index is 0.0495. The molecule has 1 fully saturated rings. The van der Waals surface area contributed by atoms with Gasteiger partial charge in [0.05, 0.1) is 0 Å². The lowest BCUT2D eigenvalue weighted by molar-refractivity contribution is 0.263. The van der Waals surface area contributed by atoms with Crippen molar-refractivity contribution in [3.05, 3.63) is 77.6 Å². The number of benzene rings is 2. The first-order valence-corrected chi connectivity index (χ1v) is 10.0. The molecule has 4 rings (SSSR count). The maximum Gasteiger partial charge on any atom is 0.191 e. The summed E-state index contributed by atoms with van der Waals surface area (Å²) in [5.41, 5.74) is 2.67. The van der Waals surface area contributed by atoms with Crippen molar-refractivity contribution in [1.82, 2.24) is 14.8 Å². The predicted molar refractivity (Wildman–Crippen MR) is 104 cm³/mol. The van der Waals surface area contributed by atoms with Crippen LogP contribution in [0.15, 0.2) is 65.8 Å². The van der Waals surface area contributed by atoms with Gasteiger partial charge in [-0.2, -0.15) is 0 Å². The van der Waals surface area contributed by atoms with Crippen LogP contribution < -0.4 is 0 Å². The van der Waals surface area contributed by atoms with Crippen molar-refractivity contribution in [2.75, 3.05) is 0 Å². The number of aliphatic hydroxyl groups is 1. The van der Waals surface area contributed by atoms with Crippen molar-refractivity contribution in [1.29, 1.82) is 0 Å². The smallest absolute Gasteiger partial charge is 0.191 e. The molecule has 4 nitrogen and oxygen atoms in total. The Morgan fingerprint density at radius 2 is 1.50 bits per heavy atom. The molecule has 5 heteroatoms. The van der Waals surface area contributed by atoms with Crippen LogP contribution in [0, 0.1) is 0 Å². The Kier molecular flexibility index (Phi) is 5.37. The second-order valence-corrected chi connectivity index (χ2v) is 8.04. The maximum absolute atomic E-state index is 9.58. The Morgan fingerprint density at radius 3 is 2.00 bits per heavy atom. The molecule has 0 saturated heterocycles. The number of nitrogens with zero attached hydrogens (tertiary/aromatic N) is 3. The van der Waals surface area contributed by atoms with E-state index in [1.54, 1.807) is 11.8 Å². The van der Waals surface area contributed by atoms with Gasteiger partial charge in [-0.1, -0.05) is 72.4 Å². The lowest BCUT2D eigenvalue weighted by Gasteiger charge is -2.17. The predicted octanol–water partition coefficient (Wildman–Crippen LogP) is 4.05. The number of aromatic nitrogens is 3. The monoisotopic (exact) mass is 365 g/mol. The van der Waals surface area contributed by atoms with E-state index in [1.165, 1.54) is 11.1 Å². The van der Waals surface area contributed by atoms with Gasteiger partial charge in [0.25, 0.3) is 0 Å². The van der Waals surface area contributed by atoms with E-state index in [4.69, 9.17) is 0 Å². The average molecular weight is 366 g/mol. The first-order chi connectivity index (χ1) is 12.8. The van der Waals surface area contributed by atoms with Crippen LogP contribution in [0.2, 0.25) is 0 Å². The topological polar surface area (TPSA) is 50.9 Å². The summed E-state index contributed by atoms with van der Waals surface area (Å²) in [4.78, 5) is 0. The minimum atomic E-state index is -0.0495. The normalized spacial score (nSPS) is 14.1. The molecule has 0 spiro atoms. The van der Waals surface area contributed by atoms with Gasteiger partial charge in [0, 0.05) is 11.3 Å². The van der Waals surface area contributed by atoms with Crippen molar-refractivity contribution in [2.24, 2.45) is 0 Å². The summed E-state index contributed by atoms with van der Waals surface area (Å²) < 4.78 is 2.15. The second kappa shape index (κ2) is 8.06. The summed E-state index contributed by atoms with van der Waals surface area (Å²) in [5.74, 6) is 0.688. The van der Waals surface area contributed by atoms with Crippen molar-refractivity contribution in [3.8, 4) is 0 Å². The Labute approximate surface area is 158 Å². The summed E-state index contributed by atoms with van der Waals surface area (Å²) in [7, 11) is 0. The molecule has 0 atom stereocenters. The van der Waals surface area contributed by atoms with Gasteiger partial charge in [0.2, 0.25) is 0 Å². The van der Waals surface area contributed by atoms with Gasteiger partial charge in [-0.25, -0.2) is 0 Å². The summed E-state index contributed by atoms with van der Waals surface area (Å²) in [6, 6.07) is 21.7. The standard InChI is InChI=1S/C21H23N3OS/c25-15-20-22-23-21(24(20)18-11-12-18)26-19(13-16-7-3-1-4-8-16)14-17-9-5-2-6-10-17/h1-10,18-19,25H,11-15H2. The van der Waals surface area contributed by atoms with Gasteiger partial charge in [0.1, 0.15) is 6.61 Å². The largest absolute Gasteiger partial charge is 0.388 e. The van der Waals surface area contributed by atoms with Gasteiger partial charge >= 0.3 is 0 Å². The Balaban J connectivity index is 1.57. The number of thioether (sulfide) groups is 1. The highest BCUT2D eigenvalue weighted by Crippen LogP contribution is 2.40. The van der Waals surface area contributed by atoms with Crippen LogP contribution in [0.25, 0.3) is 0 Å². The minimum Gasteiger partial charge on any atom is -0.388 e. The van der Waals surface area contributed by atoms with Crippen molar-refractivity contribution in [2.45, 2.75) is 48.7 Å². The summed E-state index contributed by atoms with van der Waals surface area (Å²) in [6.45, 7) is -0.0495. The van der Waals surface area contributed by atoms with Crippen molar-refractivity contribution < 1.29 is 5.11 Å². The Bertz CT molecular complexity index is 789. The fraction of sp³-hybridized carbons (Fsp3) is 0.333. The highest BCUT2D eigenvalue weighted by atomic mass is 32.2. The molecule has 0 aliphatic heterocycles. The molecule has 134 valence electrons. The second-order valence-electron chi connectivity index (χ2n) is 6.78. The molecule has 3 aromatic rings. The lowest BCUT2D eigenvalue weighted by atomic mass is 10.0. The van der Waals surface area contributed by atoms with E-state index in [9.17, 15) is 5.11 Å². The summed E-state index contributed by atoms with van der Waals surface area (Å²) >= 11 is 1.79. The molecule has 0 unspecified atom stereocenters. The summed E-state index contributed by atoms with van der Waals surface area (Å²) in [6.07, 6.45) is 4.26. The fourth-order valence-electron chi connectivity index (χ4n) is 3.25. The molecule has 1 aliphatic carbocycles. The number of hydrogen-bond acceptors (Lipinski definition) is 4. The van der Waals surface area contributed by atoms with Gasteiger partial charge < -0.3 is 9.67 Å². The lowest BCUT2D eigenvalue weighted by Crippen LogP contribution is -2.13. The first kappa shape index (κ1) is 17.3. The van der Waals surface area contributed by atoms with Crippen LogP contribution in [-0.4, -0.2) is 25.1 Å². The van der Waals surface area contributed by atoms with Crippen LogP contribution in [0.3, 0.4) is 0 Å². The zero-order valence-electron chi connectivity index (χ0n) is 14.7. The number of hydrogen-bond donors (Lipinski definition) is 1. The van der Waals surface area contributed by atoms with Crippen molar-refractivity contribution in [3.63, 3.8) is 0 Å². The summed E-state index contributed by atoms with van der Waals surface area (Å²) in [5, 5.41) is 19.5. The molecule has 1 heterocycles. The number of aliphatic hydroxyl groups excluding tert-OH is 1. The Morgan fingerprint density at radius 1 is 0.923 bits per heavy atom. The average Bonchev–Trinajstić information content (AvgIpc) is 3.44. The quantitative estimate of drug-likeness (QED) is 0.612. The van der Waals surface area contributed by atoms with E-state index in [1.807, 2.05) is 0 Å². The van der Waals surface area contributed by atoms with Crippen LogP contribution >= 0.6 is 11.8 Å². The molecule has 26 heavy (non-hydrogen) atoms. The van der Waals surface area contributed by atoms with Crippen LogP contribution in [0.4, 0.5) is 0 Å². The zero-order chi connectivity index (χ0) is 17.8. The highest BCUT2D eigenvalue weighted by molar-refractivity contribution is 7.99. The first-order valence-electron chi connectivity index (χ1n) is 9.12. The SMILES string of the molecule is OCc1nnc(SC(Cc2ccccc2)Cc2ccccc2)n1C1CC1. The van der Waals surface area contributed by atoms with Gasteiger partial charge in [0.15, 0.2) is 11.0 Å². The Hall–Kier alpha value is -2.11. The third kappa shape index (κ3) is 4.17. The molecular weight excluding hydrogens is 342 g/mol. The van der Waals surface area contributed by atoms with E-state index in [0.717, 1.165) is 30.8 Å². The van der Waals surface area contributed by atoms with Gasteiger partial charge in [-0.15, -0.1) is 10.2 Å². The van der Waals surface area contributed by atoms with E-state index in [-0.39, 0.29) is 6.61 Å². The number of rotatable bonds is 8. The third-order valence-electron chi connectivity index (χ3n) is 4.67. The highest BCUT2D eigenvalue weighted by Gasteiger charge is 2.30. The molecule has 0 bridgehead atoms. The van der Waals surface area contributed by atoms with Crippen LogP contribution in [0.5, 0.6) is 0 Å². The molecule has 2 aromatic carbocycles. The van der Waals surface area contributed by atoms with Gasteiger partial charge in [-0.3, -0.25) is 0 Å². The van der Waals surface area contributed by atoms with Crippen LogP contribution in [-0.2, 0) is 19.4 Å². The molecule has 1 aliphatic rings. The van der Waals surface area contributed by atoms with E-state index in [2.05, 4.69) is 75.4 Å². The van der Waals surface area contributed by atoms with E-state index in [0.29, 0.717) is 17.1 Å². The molecular formula is C21H23N3OS. The van der Waals surface area contributed by atoms with E-state index < -0.39 is 0 Å². The maximum atomic E-state index is 9.58. The molecule has 1 saturated carbocycles. The van der Waals surface area contributed by atoms with Crippen molar-refractivity contribution >= 4 is 11.8 Å². The molecule has 0 radical (unpaired) electrons.